The van der Waals surface area contributed by atoms with Crippen molar-refractivity contribution in [2.75, 3.05) is 0 Å². The molecule has 0 unspecified atom stereocenters. The molecule has 0 saturated carbocycles. The molecule has 0 bridgehead atoms. The summed E-state index contributed by atoms with van der Waals surface area (Å²) in [7, 11) is 0. The lowest BCUT2D eigenvalue weighted by molar-refractivity contribution is -0.132. The van der Waals surface area contributed by atoms with Crippen LogP contribution < -0.4 is 4.74 Å². The van der Waals surface area contributed by atoms with E-state index in [0.717, 1.165) is 0 Å². The van der Waals surface area contributed by atoms with Crippen LogP contribution in [0.4, 0.5) is 0 Å². The molecule has 0 spiro atoms. The van der Waals surface area contributed by atoms with Crippen LogP contribution in [0.15, 0.2) is 22.8 Å². The molecule has 4 heteroatoms. The Kier molecular flexibility index (Phi) is 2.59. The Labute approximate surface area is 72.5 Å². The van der Waals surface area contributed by atoms with Crippen molar-refractivity contribution in [2.45, 2.75) is 6.92 Å². The minimum absolute atomic E-state index is 0.312. The maximum atomic E-state index is 10.4. The number of hydrogen-bond acceptors (Lipinski definition) is 3. The molecular weight excluding hydrogens is 210 g/mol. The lowest BCUT2D eigenvalue weighted by Gasteiger charge is -1.98. The first kappa shape index (κ1) is 8.20. The molecule has 1 aromatic heterocycles. The zero-order valence-corrected chi connectivity index (χ0v) is 7.46. The molecule has 0 aliphatic carbocycles. The Morgan fingerprint density at radius 2 is 2.36 bits per heavy atom. The molecular formula is C7H6BrNO2. The first-order chi connectivity index (χ1) is 5.18. The van der Waals surface area contributed by atoms with E-state index in [9.17, 15) is 4.79 Å². The van der Waals surface area contributed by atoms with E-state index in [1.807, 2.05) is 0 Å². The standard InChI is InChI=1S/C7H6BrNO2/c1-5(10)11-7-4-2-3-6(8)9-7/h2-4H,1H3. The molecule has 1 rings (SSSR count). The third kappa shape index (κ3) is 2.67. The van der Waals surface area contributed by atoms with Crippen LogP contribution in [-0.2, 0) is 4.79 Å². The molecule has 3 nitrogen and oxygen atoms in total. The topological polar surface area (TPSA) is 39.2 Å². The van der Waals surface area contributed by atoms with Gasteiger partial charge in [-0.2, -0.15) is 0 Å². The van der Waals surface area contributed by atoms with Gasteiger partial charge in [-0.05, 0) is 22.0 Å². The first-order valence-corrected chi connectivity index (χ1v) is 3.79. The van der Waals surface area contributed by atoms with Crippen molar-refractivity contribution in [1.29, 1.82) is 0 Å². The smallest absolute Gasteiger partial charge is 0.309 e. The Balaban J connectivity index is 2.79. The number of nitrogens with zero attached hydrogens (tertiary/aromatic N) is 1. The fourth-order valence-corrected chi connectivity index (χ4v) is 0.921. The van der Waals surface area contributed by atoms with Crippen molar-refractivity contribution < 1.29 is 9.53 Å². The molecule has 1 heterocycles. The van der Waals surface area contributed by atoms with Gasteiger partial charge in [0.15, 0.2) is 0 Å². The van der Waals surface area contributed by atoms with Gasteiger partial charge < -0.3 is 4.74 Å². The Hall–Kier alpha value is -0.900. The van der Waals surface area contributed by atoms with Crippen LogP contribution in [0.1, 0.15) is 6.92 Å². The number of hydrogen-bond donors (Lipinski definition) is 0. The van der Waals surface area contributed by atoms with E-state index < -0.39 is 0 Å². The largest absolute Gasteiger partial charge is 0.408 e. The van der Waals surface area contributed by atoms with E-state index >= 15 is 0 Å². The monoisotopic (exact) mass is 215 g/mol. The summed E-state index contributed by atoms with van der Waals surface area (Å²) in [6.45, 7) is 1.34. The minimum Gasteiger partial charge on any atom is -0.408 e. The number of ether oxygens (including phenoxy) is 1. The zero-order chi connectivity index (χ0) is 8.27. The predicted octanol–water partition coefficient (Wildman–Crippen LogP) is 1.77. The molecule has 0 radical (unpaired) electrons. The Morgan fingerprint density at radius 1 is 1.64 bits per heavy atom. The second-order valence-electron chi connectivity index (χ2n) is 1.89. The summed E-state index contributed by atoms with van der Waals surface area (Å²) in [5, 5.41) is 0. The van der Waals surface area contributed by atoms with Crippen LogP contribution in [0.2, 0.25) is 0 Å². The van der Waals surface area contributed by atoms with Crippen molar-refractivity contribution in [2.24, 2.45) is 0 Å². The van der Waals surface area contributed by atoms with Gasteiger partial charge in [0, 0.05) is 13.0 Å². The highest BCUT2D eigenvalue weighted by Crippen LogP contribution is 2.11. The first-order valence-electron chi connectivity index (χ1n) is 2.99. The van der Waals surface area contributed by atoms with Gasteiger partial charge >= 0.3 is 5.97 Å². The number of rotatable bonds is 1. The average molecular weight is 216 g/mol. The molecule has 0 aromatic carbocycles. The predicted molar refractivity (Wildman–Crippen MR) is 43.2 cm³/mol. The van der Waals surface area contributed by atoms with Crippen molar-refractivity contribution >= 4 is 21.9 Å². The molecule has 0 saturated heterocycles. The summed E-state index contributed by atoms with van der Waals surface area (Å²) < 4.78 is 5.36. The van der Waals surface area contributed by atoms with Crippen LogP contribution in [-0.4, -0.2) is 11.0 Å². The second-order valence-corrected chi connectivity index (χ2v) is 2.70. The molecule has 1 aromatic rings. The number of halogens is 1. The third-order valence-electron chi connectivity index (χ3n) is 0.938. The van der Waals surface area contributed by atoms with Gasteiger partial charge in [-0.1, -0.05) is 6.07 Å². The summed E-state index contributed by atoms with van der Waals surface area (Å²) in [6, 6.07) is 5.12. The van der Waals surface area contributed by atoms with Crippen LogP contribution in [0.3, 0.4) is 0 Å². The molecule has 11 heavy (non-hydrogen) atoms. The van der Waals surface area contributed by atoms with Crippen molar-refractivity contribution in [1.82, 2.24) is 4.98 Å². The highest BCUT2D eigenvalue weighted by atomic mass is 79.9. The van der Waals surface area contributed by atoms with Gasteiger partial charge in [0.1, 0.15) is 4.60 Å². The lowest BCUT2D eigenvalue weighted by atomic mass is 10.5. The number of carbonyl (C=O) groups is 1. The van der Waals surface area contributed by atoms with E-state index in [1.165, 1.54) is 6.92 Å². The van der Waals surface area contributed by atoms with Crippen molar-refractivity contribution in [3.8, 4) is 5.88 Å². The second kappa shape index (κ2) is 3.48. The summed E-state index contributed by atoms with van der Waals surface area (Å²) in [5.74, 6) is -0.0533. The number of esters is 1. The van der Waals surface area contributed by atoms with E-state index in [-0.39, 0.29) is 5.97 Å². The maximum absolute atomic E-state index is 10.4. The average Bonchev–Trinajstić information content (AvgIpc) is 1.85. The fourth-order valence-electron chi connectivity index (χ4n) is 0.594. The maximum Gasteiger partial charge on any atom is 0.309 e. The van der Waals surface area contributed by atoms with Gasteiger partial charge in [-0.3, -0.25) is 4.79 Å². The summed E-state index contributed by atoms with van der Waals surface area (Å²) >= 11 is 3.15. The number of aromatic nitrogens is 1. The summed E-state index contributed by atoms with van der Waals surface area (Å²) in [5.41, 5.74) is 0. The molecule has 0 N–H and O–H groups in total. The lowest BCUT2D eigenvalue weighted by Crippen LogP contribution is -2.02. The van der Waals surface area contributed by atoms with E-state index in [2.05, 4.69) is 20.9 Å². The van der Waals surface area contributed by atoms with Crippen LogP contribution >= 0.6 is 15.9 Å². The Bertz CT molecular complexity index is 275. The number of carbonyl (C=O) groups excluding carboxylic acids is 1. The van der Waals surface area contributed by atoms with Gasteiger partial charge in [-0.25, -0.2) is 4.98 Å². The zero-order valence-electron chi connectivity index (χ0n) is 5.87. The highest BCUT2D eigenvalue weighted by molar-refractivity contribution is 9.10. The third-order valence-corrected chi connectivity index (χ3v) is 1.38. The molecule has 0 fully saturated rings. The van der Waals surface area contributed by atoms with E-state index in [4.69, 9.17) is 4.74 Å². The van der Waals surface area contributed by atoms with E-state index in [1.54, 1.807) is 18.2 Å². The molecule has 0 aliphatic rings. The Morgan fingerprint density at radius 3 is 2.91 bits per heavy atom. The van der Waals surface area contributed by atoms with Crippen LogP contribution in [0.25, 0.3) is 0 Å². The highest BCUT2D eigenvalue weighted by Gasteiger charge is 1.98. The van der Waals surface area contributed by atoms with Gasteiger partial charge in [0.2, 0.25) is 5.88 Å². The quantitative estimate of drug-likeness (QED) is 0.530. The molecule has 0 amide bonds. The van der Waals surface area contributed by atoms with Crippen molar-refractivity contribution in [3.63, 3.8) is 0 Å². The molecule has 0 aliphatic heterocycles. The van der Waals surface area contributed by atoms with Gasteiger partial charge in [-0.15, -0.1) is 0 Å². The summed E-state index contributed by atoms with van der Waals surface area (Å²) in [4.78, 5) is 14.3. The minimum atomic E-state index is -0.365. The van der Waals surface area contributed by atoms with Crippen molar-refractivity contribution in [3.05, 3.63) is 22.8 Å². The molecule has 58 valence electrons. The van der Waals surface area contributed by atoms with E-state index in [0.29, 0.717) is 10.5 Å². The normalized spacial score (nSPS) is 9.27. The van der Waals surface area contributed by atoms with Gasteiger partial charge in [0.05, 0.1) is 0 Å². The molecule has 0 atom stereocenters. The number of pyridine rings is 1. The van der Waals surface area contributed by atoms with Crippen LogP contribution in [0.5, 0.6) is 5.88 Å². The SMILES string of the molecule is CC(=O)Oc1cccc(Br)n1. The van der Waals surface area contributed by atoms with Gasteiger partial charge in [0.25, 0.3) is 0 Å². The fraction of sp³-hybridized carbons (Fsp3) is 0.143. The van der Waals surface area contributed by atoms with Crippen LogP contribution in [0, 0.1) is 0 Å². The summed E-state index contributed by atoms with van der Waals surface area (Å²) in [6.07, 6.45) is 0.